The van der Waals surface area contributed by atoms with E-state index < -0.39 is 5.91 Å². The van der Waals surface area contributed by atoms with Crippen molar-refractivity contribution in [3.63, 3.8) is 0 Å². The minimum absolute atomic E-state index is 0.0955. The molecule has 0 heterocycles. The number of hydrogen-bond acceptors (Lipinski definition) is 5. The Morgan fingerprint density at radius 1 is 1.30 bits per heavy atom. The van der Waals surface area contributed by atoms with Gasteiger partial charge in [-0.3, -0.25) is 4.79 Å². The van der Waals surface area contributed by atoms with Crippen molar-refractivity contribution >= 4 is 34.6 Å². The van der Waals surface area contributed by atoms with E-state index in [-0.39, 0.29) is 16.4 Å². The van der Waals surface area contributed by atoms with Crippen LogP contribution in [-0.2, 0) is 4.79 Å². The number of nitrogens with zero attached hydrogens (tertiary/aromatic N) is 1. The molecule has 0 saturated heterocycles. The van der Waals surface area contributed by atoms with Gasteiger partial charge in [-0.25, -0.2) is 0 Å². The lowest BCUT2D eigenvalue weighted by Gasteiger charge is -2.09. The molecule has 1 aromatic rings. The summed E-state index contributed by atoms with van der Waals surface area (Å²) >= 11 is 2.86. The molecule has 0 aliphatic rings. The van der Waals surface area contributed by atoms with Gasteiger partial charge in [-0.1, -0.05) is 49.5 Å². The van der Waals surface area contributed by atoms with Crippen LogP contribution in [-0.4, -0.2) is 23.1 Å². The van der Waals surface area contributed by atoms with Crippen molar-refractivity contribution in [2.75, 3.05) is 12.0 Å². The van der Waals surface area contributed by atoms with Crippen LogP contribution in [0.1, 0.15) is 13.3 Å². The van der Waals surface area contributed by atoms with Crippen LogP contribution in [0.25, 0.3) is 0 Å². The second-order valence-electron chi connectivity index (χ2n) is 5.21. The highest BCUT2D eigenvalue weighted by molar-refractivity contribution is 8.16. The van der Waals surface area contributed by atoms with Gasteiger partial charge in [0.25, 0.3) is 5.91 Å². The van der Waals surface area contributed by atoms with E-state index in [1.165, 1.54) is 17.8 Å². The maximum Gasteiger partial charge on any atom is 0.281 e. The van der Waals surface area contributed by atoms with Crippen molar-refractivity contribution in [3.05, 3.63) is 77.6 Å². The molecule has 144 valence electrons. The zero-order valence-electron chi connectivity index (χ0n) is 15.6. The molecule has 0 aliphatic heterocycles. The second kappa shape index (κ2) is 12.9. The van der Waals surface area contributed by atoms with Crippen LogP contribution in [0, 0.1) is 0 Å². The Hall–Kier alpha value is -2.38. The highest BCUT2D eigenvalue weighted by atomic mass is 32.2. The number of thioether (sulfide) groups is 2. The first-order valence-electron chi connectivity index (χ1n) is 8.26. The Bertz CT molecular complexity index is 754. The fraction of sp³-hybridized carbons (Fsp3) is 0.200. The summed E-state index contributed by atoms with van der Waals surface area (Å²) in [7, 11) is 0. The number of para-hydroxylation sites is 1. The summed E-state index contributed by atoms with van der Waals surface area (Å²) in [5.41, 5.74) is 11.8. The van der Waals surface area contributed by atoms with Crippen molar-refractivity contribution in [2.45, 2.75) is 13.3 Å². The van der Waals surface area contributed by atoms with Crippen molar-refractivity contribution < 1.29 is 9.53 Å². The first-order chi connectivity index (χ1) is 13.0. The van der Waals surface area contributed by atoms with Crippen molar-refractivity contribution in [2.24, 2.45) is 16.5 Å². The lowest BCUT2D eigenvalue weighted by atomic mass is 10.1. The lowest BCUT2D eigenvalue weighted by Crippen LogP contribution is -2.14. The van der Waals surface area contributed by atoms with E-state index in [9.17, 15) is 4.79 Å². The molecule has 0 atom stereocenters. The summed E-state index contributed by atoms with van der Waals surface area (Å²) in [4.78, 5) is 16.4. The minimum Gasteiger partial charge on any atom is -0.458 e. The summed E-state index contributed by atoms with van der Waals surface area (Å²) < 4.78 is 5.82. The summed E-state index contributed by atoms with van der Waals surface area (Å²) in [6.07, 6.45) is 8.04. The molecule has 4 N–H and O–H groups in total. The average molecular weight is 404 g/mol. The zero-order valence-corrected chi connectivity index (χ0v) is 17.2. The summed E-state index contributed by atoms with van der Waals surface area (Å²) in [6.45, 7) is 5.63. The van der Waals surface area contributed by atoms with E-state index in [2.05, 4.69) is 11.6 Å². The Balaban J connectivity index is 3.00. The number of benzene rings is 1. The predicted octanol–water partition coefficient (Wildman–Crippen LogP) is 4.21. The molecule has 5 nitrogen and oxygen atoms in total. The highest BCUT2D eigenvalue weighted by Gasteiger charge is 2.13. The Morgan fingerprint density at radius 2 is 2.00 bits per heavy atom. The van der Waals surface area contributed by atoms with Gasteiger partial charge in [0.2, 0.25) is 0 Å². The van der Waals surface area contributed by atoms with Gasteiger partial charge in [0, 0.05) is 11.4 Å². The Labute approximate surface area is 169 Å². The molecule has 0 spiro atoms. The number of amidine groups is 1. The minimum atomic E-state index is -0.565. The molecule has 7 heteroatoms. The number of carbonyl (C=O) groups is 1. The molecule has 0 radical (unpaired) electrons. The smallest absolute Gasteiger partial charge is 0.281 e. The third-order valence-corrected chi connectivity index (χ3v) is 4.19. The van der Waals surface area contributed by atoms with Crippen molar-refractivity contribution in [3.8, 4) is 5.75 Å². The van der Waals surface area contributed by atoms with Crippen LogP contribution in [0.3, 0.4) is 0 Å². The van der Waals surface area contributed by atoms with Crippen LogP contribution in [0.4, 0.5) is 0 Å². The number of rotatable bonds is 9. The molecule has 1 rings (SSSR count). The zero-order chi connectivity index (χ0) is 20.1. The van der Waals surface area contributed by atoms with E-state index in [0.29, 0.717) is 11.5 Å². The van der Waals surface area contributed by atoms with Crippen LogP contribution >= 0.6 is 23.5 Å². The van der Waals surface area contributed by atoms with E-state index in [1.54, 1.807) is 17.2 Å². The molecule has 27 heavy (non-hydrogen) atoms. The van der Waals surface area contributed by atoms with E-state index in [1.807, 2.05) is 55.7 Å². The molecule has 0 aliphatic carbocycles. The van der Waals surface area contributed by atoms with E-state index >= 15 is 0 Å². The summed E-state index contributed by atoms with van der Waals surface area (Å²) in [5, 5.41) is 1.93. The highest BCUT2D eigenvalue weighted by Crippen LogP contribution is 2.17. The third-order valence-electron chi connectivity index (χ3n) is 3.01. The first-order valence-corrected chi connectivity index (χ1v) is 10.5. The third kappa shape index (κ3) is 9.21. The van der Waals surface area contributed by atoms with Gasteiger partial charge in [-0.2, -0.15) is 16.8 Å². The van der Waals surface area contributed by atoms with Gasteiger partial charge in [0.15, 0.2) is 5.17 Å². The first kappa shape index (κ1) is 22.7. The number of amides is 1. The molecule has 1 aromatic carbocycles. The standard InChI is InChI=1S/C20H25N3O2S2/c1-4-9-17(25-16-10-6-5-7-11-16)14-18(15(2)21)19(24)23-20(22)27-13-8-12-26-3/h5-11,13-14H,2,4,12,21H2,1,3H3,(H2,22,23,24)/b13-8+,17-9+,18-14+. The maximum atomic E-state index is 12.5. The predicted molar refractivity (Wildman–Crippen MR) is 119 cm³/mol. The van der Waals surface area contributed by atoms with E-state index in [4.69, 9.17) is 16.2 Å². The van der Waals surface area contributed by atoms with Gasteiger partial charge in [0.05, 0.1) is 5.57 Å². The Kier molecular flexibility index (Phi) is 10.8. The number of nitrogens with two attached hydrogens (primary N) is 2. The van der Waals surface area contributed by atoms with Crippen molar-refractivity contribution in [1.82, 2.24) is 0 Å². The van der Waals surface area contributed by atoms with Crippen molar-refractivity contribution in [1.29, 1.82) is 0 Å². The average Bonchev–Trinajstić information content (AvgIpc) is 2.63. The number of allylic oxidation sites excluding steroid dienone is 2. The normalized spacial score (nSPS) is 13.0. The fourth-order valence-electron chi connectivity index (χ4n) is 1.83. The SMILES string of the molecule is C=C(N)/C(=C\C(=C/CC)Oc1ccccc1)C(=O)N=C(N)S/C=C/CSC. The van der Waals surface area contributed by atoms with E-state index in [0.717, 1.165) is 12.2 Å². The van der Waals surface area contributed by atoms with Gasteiger partial charge < -0.3 is 16.2 Å². The monoisotopic (exact) mass is 403 g/mol. The van der Waals surface area contributed by atoms with Gasteiger partial charge >= 0.3 is 0 Å². The molecular weight excluding hydrogens is 378 g/mol. The molecular formula is C20H25N3O2S2. The number of aliphatic imine (C=N–C) groups is 1. The molecule has 0 unspecified atom stereocenters. The van der Waals surface area contributed by atoms with Gasteiger partial charge in [0.1, 0.15) is 11.5 Å². The fourth-order valence-corrected chi connectivity index (χ4v) is 2.71. The topological polar surface area (TPSA) is 90.7 Å². The summed E-state index contributed by atoms with van der Waals surface area (Å²) in [6, 6.07) is 9.27. The maximum absolute atomic E-state index is 12.5. The molecule has 1 amide bonds. The summed E-state index contributed by atoms with van der Waals surface area (Å²) in [5.74, 6) is 1.44. The number of carbonyl (C=O) groups excluding carboxylic acids is 1. The van der Waals surface area contributed by atoms with Crippen LogP contribution in [0.15, 0.2) is 82.6 Å². The van der Waals surface area contributed by atoms with Gasteiger partial charge in [-0.15, -0.1) is 0 Å². The molecule has 0 fully saturated rings. The van der Waals surface area contributed by atoms with Crippen LogP contribution in [0.2, 0.25) is 0 Å². The number of ether oxygens (including phenoxy) is 1. The quantitative estimate of drug-likeness (QED) is 0.211. The lowest BCUT2D eigenvalue weighted by molar-refractivity contribution is -0.114. The van der Waals surface area contributed by atoms with Crippen LogP contribution < -0.4 is 16.2 Å². The molecule has 0 bridgehead atoms. The largest absolute Gasteiger partial charge is 0.458 e. The van der Waals surface area contributed by atoms with Crippen LogP contribution in [0.5, 0.6) is 5.75 Å². The number of hydrogen-bond donors (Lipinski definition) is 2. The van der Waals surface area contributed by atoms with Gasteiger partial charge in [-0.05, 0) is 42.4 Å². The second-order valence-corrected chi connectivity index (χ2v) is 7.05. The Morgan fingerprint density at radius 3 is 2.59 bits per heavy atom. The molecule has 0 aromatic heterocycles. The molecule has 0 saturated carbocycles.